The van der Waals surface area contributed by atoms with Gasteiger partial charge in [0.15, 0.2) is 5.78 Å². The van der Waals surface area contributed by atoms with Crippen molar-refractivity contribution in [2.45, 2.75) is 20.3 Å². The van der Waals surface area contributed by atoms with E-state index in [1.807, 2.05) is 6.07 Å². The normalized spacial score (nSPS) is 13.0. The van der Waals surface area contributed by atoms with Crippen LogP contribution in [0.5, 0.6) is 5.75 Å². The summed E-state index contributed by atoms with van der Waals surface area (Å²) < 4.78 is 0. The van der Waals surface area contributed by atoms with Crippen LogP contribution in [0, 0.1) is 6.92 Å². The molecule has 100 valence electrons. The number of rotatable bonds is 2. The molecule has 0 heterocycles. The number of carbonyl (C=O) groups is 1. The molecule has 0 unspecified atom stereocenters. The maximum Gasteiger partial charge on any atom is 0.159 e. The molecular formula is C18H16O2. The summed E-state index contributed by atoms with van der Waals surface area (Å²) in [5.74, 6) is 0.107. The Kier molecular flexibility index (Phi) is 2.94. The zero-order valence-corrected chi connectivity index (χ0v) is 11.6. The molecule has 2 nitrogen and oxygen atoms in total. The maximum atomic E-state index is 11.5. The second-order valence-electron chi connectivity index (χ2n) is 5.31. The third kappa shape index (κ3) is 2.14. The molecule has 2 heteroatoms. The Morgan fingerprint density at radius 2 is 2.00 bits per heavy atom. The molecule has 1 aliphatic rings. The number of phenolic OH excluding ortho intramolecular Hbond substituents is 1. The van der Waals surface area contributed by atoms with E-state index in [9.17, 15) is 9.90 Å². The van der Waals surface area contributed by atoms with Gasteiger partial charge in [0, 0.05) is 5.56 Å². The van der Waals surface area contributed by atoms with Gasteiger partial charge in [-0.25, -0.2) is 0 Å². The minimum atomic E-state index is -0.0329. The molecule has 0 aromatic heterocycles. The summed E-state index contributed by atoms with van der Waals surface area (Å²) in [5, 5.41) is 9.80. The van der Waals surface area contributed by atoms with E-state index in [-0.39, 0.29) is 11.5 Å². The second-order valence-corrected chi connectivity index (χ2v) is 5.31. The Morgan fingerprint density at radius 3 is 2.70 bits per heavy atom. The van der Waals surface area contributed by atoms with Gasteiger partial charge in [0.1, 0.15) is 5.75 Å². The predicted octanol–water partition coefficient (Wildman–Crippen LogP) is 4.00. The number of ketones is 1. The van der Waals surface area contributed by atoms with Crippen molar-refractivity contribution in [3.8, 4) is 5.75 Å². The van der Waals surface area contributed by atoms with Gasteiger partial charge in [-0.3, -0.25) is 4.79 Å². The zero-order valence-electron chi connectivity index (χ0n) is 11.6. The Hall–Kier alpha value is -2.35. The van der Waals surface area contributed by atoms with Gasteiger partial charge in [0.2, 0.25) is 0 Å². The van der Waals surface area contributed by atoms with Crippen LogP contribution in [0.2, 0.25) is 0 Å². The van der Waals surface area contributed by atoms with Crippen molar-refractivity contribution in [3.63, 3.8) is 0 Å². The van der Waals surface area contributed by atoms with Crippen LogP contribution < -0.4 is 0 Å². The molecule has 0 fully saturated rings. The summed E-state index contributed by atoms with van der Waals surface area (Å²) in [6.45, 7) is 3.62. The molecule has 20 heavy (non-hydrogen) atoms. The molecule has 0 bridgehead atoms. The van der Waals surface area contributed by atoms with Crippen LogP contribution in [-0.4, -0.2) is 10.9 Å². The first-order chi connectivity index (χ1) is 9.54. The van der Waals surface area contributed by atoms with E-state index in [0.29, 0.717) is 5.56 Å². The summed E-state index contributed by atoms with van der Waals surface area (Å²) in [6, 6.07) is 11.4. The zero-order chi connectivity index (χ0) is 14.3. The van der Waals surface area contributed by atoms with E-state index in [1.54, 1.807) is 6.07 Å². The van der Waals surface area contributed by atoms with E-state index >= 15 is 0 Å². The molecule has 3 rings (SSSR count). The second kappa shape index (κ2) is 4.64. The highest BCUT2D eigenvalue weighted by Crippen LogP contribution is 2.34. The highest BCUT2D eigenvalue weighted by atomic mass is 16.3. The maximum absolute atomic E-state index is 11.5. The molecular weight excluding hydrogens is 248 g/mol. The van der Waals surface area contributed by atoms with E-state index in [4.69, 9.17) is 0 Å². The number of aryl methyl sites for hydroxylation is 1. The first-order valence-corrected chi connectivity index (χ1v) is 6.69. The lowest BCUT2D eigenvalue weighted by molar-refractivity contribution is 0.101. The highest BCUT2D eigenvalue weighted by Gasteiger charge is 2.17. The Labute approximate surface area is 118 Å². The van der Waals surface area contributed by atoms with Crippen molar-refractivity contribution in [1.29, 1.82) is 0 Å². The lowest BCUT2D eigenvalue weighted by Crippen LogP contribution is -1.95. The summed E-state index contributed by atoms with van der Waals surface area (Å²) in [7, 11) is 0. The van der Waals surface area contributed by atoms with E-state index in [0.717, 1.165) is 17.6 Å². The first-order valence-electron chi connectivity index (χ1n) is 6.69. The first kappa shape index (κ1) is 12.7. The number of allylic oxidation sites excluding steroid dienone is 1. The smallest absolute Gasteiger partial charge is 0.159 e. The van der Waals surface area contributed by atoms with Crippen molar-refractivity contribution in [2.75, 3.05) is 0 Å². The van der Waals surface area contributed by atoms with Crippen LogP contribution in [0.4, 0.5) is 0 Å². The van der Waals surface area contributed by atoms with Gasteiger partial charge in [-0.15, -0.1) is 0 Å². The Bertz CT molecular complexity index is 739. The molecule has 0 saturated heterocycles. The van der Waals surface area contributed by atoms with Gasteiger partial charge in [-0.05, 0) is 66.3 Å². The van der Waals surface area contributed by atoms with Gasteiger partial charge in [0.05, 0.1) is 0 Å². The van der Waals surface area contributed by atoms with Crippen LogP contribution in [0.1, 0.15) is 39.5 Å². The van der Waals surface area contributed by atoms with Gasteiger partial charge in [-0.2, -0.15) is 0 Å². The van der Waals surface area contributed by atoms with E-state index < -0.39 is 0 Å². The van der Waals surface area contributed by atoms with Crippen LogP contribution in [0.25, 0.3) is 11.6 Å². The number of aromatic hydroxyl groups is 1. The molecule has 0 radical (unpaired) electrons. The van der Waals surface area contributed by atoms with Gasteiger partial charge in [0.25, 0.3) is 0 Å². The van der Waals surface area contributed by atoms with Crippen molar-refractivity contribution in [3.05, 3.63) is 64.2 Å². The minimum Gasteiger partial charge on any atom is -0.508 e. The molecule has 0 aliphatic heterocycles. The fourth-order valence-corrected chi connectivity index (χ4v) is 2.72. The lowest BCUT2D eigenvalue weighted by atomic mass is 9.98. The number of hydrogen-bond acceptors (Lipinski definition) is 2. The quantitative estimate of drug-likeness (QED) is 0.832. The topological polar surface area (TPSA) is 37.3 Å². The average Bonchev–Trinajstić information content (AvgIpc) is 2.83. The molecule has 0 saturated carbocycles. The standard InChI is InChI=1S/C18H16O2/c1-11-4-3-5-13-6-16(10-18(11)13)15-7-14(12(2)19)8-17(20)9-15/h3-9,20H,10H2,1-2H3. The van der Waals surface area contributed by atoms with Crippen LogP contribution >= 0.6 is 0 Å². The van der Waals surface area contributed by atoms with Crippen LogP contribution in [-0.2, 0) is 6.42 Å². The van der Waals surface area contributed by atoms with Gasteiger partial charge >= 0.3 is 0 Å². The molecule has 0 atom stereocenters. The monoisotopic (exact) mass is 264 g/mol. The fourth-order valence-electron chi connectivity index (χ4n) is 2.72. The molecule has 0 spiro atoms. The fraction of sp³-hybridized carbons (Fsp3) is 0.167. The highest BCUT2D eigenvalue weighted by molar-refractivity contribution is 5.97. The number of fused-ring (bicyclic) bond motifs is 1. The number of hydrogen-bond donors (Lipinski definition) is 1. The predicted molar refractivity (Wildman–Crippen MR) is 80.9 cm³/mol. The van der Waals surface area contributed by atoms with Crippen molar-refractivity contribution in [1.82, 2.24) is 0 Å². The summed E-state index contributed by atoms with van der Waals surface area (Å²) >= 11 is 0. The van der Waals surface area contributed by atoms with Gasteiger partial charge in [-0.1, -0.05) is 24.3 Å². The Balaban J connectivity index is 2.05. The third-order valence-electron chi connectivity index (χ3n) is 3.84. The SMILES string of the molecule is CC(=O)c1cc(O)cc(C2=Cc3cccc(C)c3C2)c1. The summed E-state index contributed by atoms with van der Waals surface area (Å²) in [6.07, 6.45) is 2.99. The average molecular weight is 264 g/mol. The van der Waals surface area contributed by atoms with Crippen LogP contribution in [0.15, 0.2) is 36.4 Å². The van der Waals surface area contributed by atoms with Crippen LogP contribution in [0.3, 0.4) is 0 Å². The lowest BCUT2D eigenvalue weighted by Gasteiger charge is -2.07. The van der Waals surface area contributed by atoms with Crippen molar-refractivity contribution in [2.24, 2.45) is 0 Å². The van der Waals surface area contributed by atoms with Crippen molar-refractivity contribution < 1.29 is 9.90 Å². The molecule has 2 aromatic carbocycles. The van der Waals surface area contributed by atoms with Gasteiger partial charge < -0.3 is 5.11 Å². The molecule has 1 aliphatic carbocycles. The summed E-state index contributed by atoms with van der Waals surface area (Å²) in [5.41, 5.74) is 6.45. The van der Waals surface area contributed by atoms with Crippen molar-refractivity contribution >= 4 is 17.4 Å². The Morgan fingerprint density at radius 1 is 1.20 bits per heavy atom. The number of phenols is 1. The number of carbonyl (C=O) groups excluding carboxylic acids is 1. The summed E-state index contributed by atoms with van der Waals surface area (Å²) in [4.78, 5) is 11.5. The van der Waals surface area contributed by atoms with E-state index in [1.165, 1.54) is 29.7 Å². The molecule has 2 aromatic rings. The molecule has 1 N–H and O–H groups in total. The number of benzene rings is 2. The minimum absolute atomic E-state index is 0.0329. The largest absolute Gasteiger partial charge is 0.508 e. The number of Topliss-reactive ketones (excluding diaryl/α,β-unsaturated/α-hetero) is 1. The third-order valence-corrected chi connectivity index (χ3v) is 3.84. The molecule has 0 amide bonds. The van der Waals surface area contributed by atoms with E-state index in [2.05, 4.69) is 31.2 Å².